The summed E-state index contributed by atoms with van der Waals surface area (Å²) >= 11 is 0. The van der Waals surface area contributed by atoms with E-state index in [-0.39, 0.29) is 6.47 Å². The second-order valence-corrected chi connectivity index (χ2v) is 2.60. The molecule has 0 aromatic heterocycles. The molecule has 5 atom stereocenters. The SMILES string of the molecule is O=COC1O[C@@H](O)C(O)C(O)[C@@H]1O. The summed E-state index contributed by atoms with van der Waals surface area (Å²) in [6.07, 6.45) is -7.98. The smallest absolute Gasteiger partial charge is 0.295 e. The molecule has 1 heterocycles. The van der Waals surface area contributed by atoms with Crippen LogP contribution >= 0.6 is 0 Å². The number of rotatable bonds is 2. The Hall–Kier alpha value is -0.730. The van der Waals surface area contributed by atoms with Gasteiger partial charge in [0.25, 0.3) is 6.47 Å². The molecule has 13 heavy (non-hydrogen) atoms. The predicted molar refractivity (Wildman–Crippen MR) is 36.0 cm³/mol. The first-order valence-electron chi connectivity index (χ1n) is 3.54. The average Bonchev–Trinajstić information content (AvgIpc) is 2.11. The molecule has 1 fully saturated rings. The third-order valence-corrected chi connectivity index (χ3v) is 1.73. The van der Waals surface area contributed by atoms with Gasteiger partial charge in [-0.2, -0.15) is 0 Å². The van der Waals surface area contributed by atoms with Crippen molar-refractivity contribution in [3.63, 3.8) is 0 Å². The molecule has 1 saturated heterocycles. The lowest BCUT2D eigenvalue weighted by Gasteiger charge is -2.36. The fourth-order valence-electron chi connectivity index (χ4n) is 0.997. The summed E-state index contributed by atoms with van der Waals surface area (Å²) in [5.74, 6) is 0. The van der Waals surface area contributed by atoms with E-state index in [1.807, 2.05) is 0 Å². The third-order valence-electron chi connectivity index (χ3n) is 1.73. The van der Waals surface area contributed by atoms with Gasteiger partial charge in [0.05, 0.1) is 0 Å². The lowest BCUT2D eigenvalue weighted by atomic mass is 10.0. The molecule has 4 N–H and O–H groups in total. The van der Waals surface area contributed by atoms with Gasteiger partial charge in [-0.3, -0.25) is 4.79 Å². The van der Waals surface area contributed by atoms with Gasteiger partial charge < -0.3 is 29.9 Å². The van der Waals surface area contributed by atoms with Gasteiger partial charge in [0.1, 0.15) is 18.3 Å². The number of carbonyl (C=O) groups excluding carboxylic acids is 1. The van der Waals surface area contributed by atoms with Gasteiger partial charge in [0.2, 0.25) is 6.29 Å². The summed E-state index contributed by atoms with van der Waals surface area (Å²) in [7, 11) is 0. The Morgan fingerprint density at radius 2 is 1.69 bits per heavy atom. The minimum Gasteiger partial charge on any atom is -0.435 e. The van der Waals surface area contributed by atoms with E-state index in [0.29, 0.717) is 0 Å². The minimum absolute atomic E-state index is 0.00499. The van der Waals surface area contributed by atoms with Crippen LogP contribution < -0.4 is 0 Å². The Morgan fingerprint density at radius 3 is 2.23 bits per heavy atom. The van der Waals surface area contributed by atoms with Crippen LogP contribution in [0.2, 0.25) is 0 Å². The molecule has 7 nitrogen and oxygen atoms in total. The fourth-order valence-corrected chi connectivity index (χ4v) is 0.997. The Balaban J connectivity index is 2.64. The Bertz CT molecular complexity index is 184. The van der Waals surface area contributed by atoms with E-state index in [2.05, 4.69) is 9.47 Å². The van der Waals surface area contributed by atoms with Crippen LogP contribution in [0.15, 0.2) is 0 Å². The second kappa shape index (κ2) is 3.99. The lowest BCUT2D eigenvalue weighted by molar-refractivity contribution is -0.328. The van der Waals surface area contributed by atoms with Gasteiger partial charge in [-0.25, -0.2) is 0 Å². The van der Waals surface area contributed by atoms with Crippen molar-refractivity contribution in [2.45, 2.75) is 30.9 Å². The first-order valence-corrected chi connectivity index (χ1v) is 3.54. The number of carbonyl (C=O) groups is 1. The zero-order valence-electron chi connectivity index (χ0n) is 6.48. The number of ether oxygens (including phenoxy) is 2. The van der Waals surface area contributed by atoms with Gasteiger partial charge in [-0.1, -0.05) is 0 Å². The standard InChI is InChI=1S/C6H10O7/c7-1-12-6-4(10)2(8)3(9)5(11)13-6/h1-6,8-11H/t2?,3?,4-,5+,6?/m0/s1. The predicted octanol–water partition coefficient (Wildman–Crippen LogP) is -3.08. The van der Waals surface area contributed by atoms with Crippen molar-refractivity contribution in [1.29, 1.82) is 0 Å². The molecule has 76 valence electrons. The highest BCUT2D eigenvalue weighted by Gasteiger charge is 2.44. The fraction of sp³-hybridized carbons (Fsp3) is 0.833. The molecule has 1 rings (SSSR count). The molecule has 0 saturated carbocycles. The van der Waals surface area contributed by atoms with Gasteiger partial charge in [0, 0.05) is 0 Å². The molecule has 0 aromatic rings. The van der Waals surface area contributed by atoms with Gasteiger partial charge >= 0.3 is 0 Å². The summed E-state index contributed by atoms with van der Waals surface area (Å²) in [6, 6.07) is 0. The molecule has 1 aliphatic rings. The minimum atomic E-state index is -1.69. The molecular weight excluding hydrogens is 184 g/mol. The largest absolute Gasteiger partial charge is 0.435 e. The van der Waals surface area contributed by atoms with Crippen molar-refractivity contribution < 1.29 is 34.7 Å². The van der Waals surface area contributed by atoms with Crippen LogP contribution in [0.3, 0.4) is 0 Å². The highest BCUT2D eigenvalue weighted by atomic mass is 16.8. The van der Waals surface area contributed by atoms with E-state index in [9.17, 15) is 4.79 Å². The van der Waals surface area contributed by atoms with Crippen LogP contribution in [-0.4, -0.2) is 57.8 Å². The number of aliphatic hydroxyl groups excluding tert-OH is 4. The van der Waals surface area contributed by atoms with Crippen molar-refractivity contribution in [1.82, 2.24) is 0 Å². The van der Waals surface area contributed by atoms with Crippen LogP contribution in [0.5, 0.6) is 0 Å². The molecule has 7 heteroatoms. The maximum absolute atomic E-state index is 9.87. The monoisotopic (exact) mass is 194 g/mol. The maximum Gasteiger partial charge on any atom is 0.295 e. The summed E-state index contributed by atoms with van der Waals surface area (Å²) in [5, 5.41) is 36.1. The molecule has 0 aliphatic carbocycles. The zero-order chi connectivity index (χ0) is 10.0. The van der Waals surface area contributed by atoms with E-state index in [1.54, 1.807) is 0 Å². The summed E-state index contributed by atoms with van der Waals surface area (Å²) < 4.78 is 8.66. The molecule has 0 bridgehead atoms. The van der Waals surface area contributed by atoms with Crippen LogP contribution in [0.25, 0.3) is 0 Å². The average molecular weight is 194 g/mol. The van der Waals surface area contributed by atoms with Gasteiger partial charge in [0.15, 0.2) is 6.29 Å². The molecule has 1 aliphatic heterocycles. The molecule has 3 unspecified atom stereocenters. The Labute approximate surface area is 73.1 Å². The molecule has 0 aromatic carbocycles. The van der Waals surface area contributed by atoms with Crippen molar-refractivity contribution in [3.8, 4) is 0 Å². The molecule has 0 amide bonds. The van der Waals surface area contributed by atoms with Gasteiger partial charge in [-0.05, 0) is 0 Å². The molecule has 0 spiro atoms. The van der Waals surface area contributed by atoms with Crippen molar-refractivity contribution in [3.05, 3.63) is 0 Å². The first kappa shape index (κ1) is 10.4. The van der Waals surface area contributed by atoms with Crippen LogP contribution in [0.1, 0.15) is 0 Å². The third kappa shape index (κ3) is 1.95. The normalized spacial score (nSPS) is 45.7. The number of hydrogen-bond acceptors (Lipinski definition) is 7. The zero-order valence-corrected chi connectivity index (χ0v) is 6.48. The number of aliphatic hydroxyl groups is 4. The molecule has 0 radical (unpaired) electrons. The van der Waals surface area contributed by atoms with E-state index >= 15 is 0 Å². The summed E-state index contributed by atoms with van der Waals surface area (Å²) in [6.45, 7) is 0.00499. The highest BCUT2D eigenvalue weighted by Crippen LogP contribution is 2.19. The van der Waals surface area contributed by atoms with Gasteiger partial charge in [-0.15, -0.1) is 0 Å². The van der Waals surface area contributed by atoms with E-state index < -0.39 is 30.9 Å². The van der Waals surface area contributed by atoms with E-state index in [4.69, 9.17) is 20.4 Å². The molecular formula is C6H10O7. The maximum atomic E-state index is 9.87. The van der Waals surface area contributed by atoms with Crippen LogP contribution in [0, 0.1) is 0 Å². The van der Waals surface area contributed by atoms with E-state index in [0.717, 1.165) is 0 Å². The Morgan fingerprint density at radius 1 is 1.08 bits per heavy atom. The lowest BCUT2D eigenvalue weighted by Crippen LogP contribution is -2.58. The quantitative estimate of drug-likeness (QED) is 0.344. The first-order chi connectivity index (χ1) is 6.07. The summed E-state index contributed by atoms with van der Waals surface area (Å²) in [4.78, 5) is 9.87. The van der Waals surface area contributed by atoms with Crippen molar-refractivity contribution >= 4 is 6.47 Å². The summed E-state index contributed by atoms with van der Waals surface area (Å²) in [5.41, 5.74) is 0. The number of hydrogen-bond donors (Lipinski definition) is 4. The van der Waals surface area contributed by atoms with Crippen LogP contribution in [-0.2, 0) is 14.3 Å². The van der Waals surface area contributed by atoms with Crippen molar-refractivity contribution in [2.24, 2.45) is 0 Å². The van der Waals surface area contributed by atoms with E-state index in [1.165, 1.54) is 0 Å². The van der Waals surface area contributed by atoms with Crippen molar-refractivity contribution in [2.75, 3.05) is 0 Å². The Kier molecular flexibility index (Phi) is 3.17. The second-order valence-electron chi connectivity index (χ2n) is 2.60. The van der Waals surface area contributed by atoms with Crippen LogP contribution in [0.4, 0.5) is 0 Å². The highest BCUT2D eigenvalue weighted by molar-refractivity contribution is 5.37. The topological polar surface area (TPSA) is 116 Å².